The fourth-order valence-corrected chi connectivity index (χ4v) is 3.47. The van der Waals surface area contributed by atoms with Gasteiger partial charge in [0.15, 0.2) is 0 Å². The predicted molar refractivity (Wildman–Crippen MR) is 114 cm³/mol. The maximum atomic E-state index is 12.4. The van der Waals surface area contributed by atoms with Crippen LogP contribution in [0.3, 0.4) is 0 Å². The number of carbonyl (C=O) groups is 3. The van der Waals surface area contributed by atoms with Gasteiger partial charge in [0.2, 0.25) is 11.8 Å². The van der Waals surface area contributed by atoms with Gasteiger partial charge in [-0.15, -0.1) is 0 Å². The summed E-state index contributed by atoms with van der Waals surface area (Å²) in [4.78, 5) is 42.7. The molecule has 0 spiro atoms. The van der Waals surface area contributed by atoms with Gasteiger partial charge in [-0.2, -0.15) is 0 Å². The van der Waals surface area contributed by atoms with Crippen LogP contribution in [0.5, 0.6) is 0 Å². The van der Waals surface area contributed by atoms with Crippen molar-refractivity contribution in [2.45, 2.75) is 45.1 Å². The molecule has 160 valence electrons. The second kappa shape index (κ2) is 11.1. The lowest BCUT2D eigenvalue weighted by Gasteiger charge is -2.20. The van der Waals surface area contributed by atoms with Gasteiger partial charge < -0.3 is 20.1 Å². The number of hydrogen-bond acceptors (Lipinski definition) is 4. The van der Waals surface area contributed by atoms with E-state index in [0.29, 0.717) is 37.2 Å². The Morgan fingerprint density at radius 1 is 1.03 bits per heavy atom. The number of nitrogens with one attached hydrogen (secondary N) is 2. The van der Waals surface area contributed by atoms with E-state index in [4.69, 9.17) is 0 Å². The van der Waals surface area contributed by atoms with Gasteiger partial charge in [-0.3, -0.25) is 14.4 Å². The van der Waals surface area contributed by atoms with Crippen molar-refractivity contribution in [3.05, 3.63) is 48.5 Å². The van der Waals surface area contributed by atoms with Gasteiger partial charge in [0.1, 0.15) is 0 Å². The van der Waals surface area contributed by atoms with Crippen LogP contribution >= 0.6 is 0 Å². The van der Waals surface area contributed by atoms with Crippen molar-refractivity contribution in [1.29, 1.82) is 0 Å². The maximum absolute atomic E-state index is 12.4. The molecular weight excluding hydrogens is 382 g/mol. The zero-order valence-electron chi connectivity index (χ0n) is 17.2. The Morgan fingerprint density at radius 3 is 2.57 bits per heavy atom. The Kier molecular flexibility index (Phi) is 8.00. The van der Waals surface area contributed by atoms with Crippen molar-refractivity contribution >= 4 is 23.4 Å². The minimum atomic E-state index is -0.256. The number of amides is 3. The first-order valence-electron chi connectivity index (χ1n) is 10.5. The van der Waals surface area contributed by atoms with Crippen LogP contribution in [0.2, 0.25) is 0 Å². The number of benzene rings is 1. The highest BCUT2D eigenvalue weighted by Crippen LogP contribution is 2.12. The van der Waals surface area contributed by atoms with Crippen molar-refractivity contribution in [2.24, 2.45) is 0 Å². The third-order valence-electron chi connectivity index (χ3n) is 5.15. The van der Waals surface area contributed by atoms with Gasteiger partial charge in [0, 0.05) is 62.7 Å². The Morgan fingerprint density at radius 2 is 1.83 bits per heavy atom. The lowest BCUT2D eigenvalue weighted by Crippen LogP contribution is -2.35. The molecule has 2 aromatic rings. The minimum absolute atomic E-state index is 0.0936. The van der Waals surface area contributed by atoms with Crippen molar-refractivity contribution < 1.29 is 14.4 Å². The number of likely N-dealkylation sites (tertiary alicyclic amines) is 1. The largest absolute Gasteiger partial charge is 0.352 e. The highest BCUT2D eigenvalue weighted by atomic mass is 16.2. The number of carbonyl (C=O) groups excluding carboxylic acids is 3. The van der Waals surface area contributed by atoms with E-state index in [-0.39, 0.29) is 17.7 Å². The van der Waals surface area contributed by atoms with Crippen LogP contribution in [-0.4, -0.2) is 51.8 Å². The molecule has 0 unspecified atom stereocenters. The number of imidazole rings is 1. The quantitative estimate of drug-likeness (QED) is 0.697. The predicted octanol–water partition coefficient (Wildman–Crippen LogP) is 2.43. The van der Waals surface area contributed by atoms with Gasteiger partial charge in [-0.25, -0.2) is 4.98 Å². The molecule has 1 aromatic carbocycles. The van der Waals surface area contributed by atoms with Gasteiger partial charge in [-0.05, 0) is 31.0 Å². The average molecular weight is 412 g/mol. The molecule has 1 aromatic heterocycles. The van der Waals surface area contributed by atoms with Crippen molar-refractivity contribution in [3.63, 3.8) is 0 Å². The minimum Gasteiger partial charge on any atom is -0.352 e. The van der Waals surface area contributed by atoms with Crippen LogP contribution < -0.4 is 10.6 Å². The van der Waals surface area contributed by atoms with Crippen molar-refractivity contribution in [1.82, 2.24) is 19.8 Å². The van der Waals surface area contributed by atoms with Crippen LogP contribution in [0.15, 0.2) is 43.0 Å². The third-order valence-corrected chi connectivity index (χ3v) is 5.15. The van der Waals surface area contributed by atoms with Crippen LogP contribution in [0, 0.1) is 0 Å². The summed E-state index contributed by atoms with van der Waals surface area (Å²) in [5.41, 5.74) is 1.02. The van der Waals surface area contributed by atoms with E-state index in [9.17, 15) is 14.4 Å². The van der Waals surface area contributed by atoms with E-state index < -0.39 is 0 Å². The Labute approximate surface area is 176 Å². The zero-order chi connectivity index (χ0) is 21.2. The summed E-state index contributed by atoms with van der Waals surface area (Å²) in [7, 11) is 0. The number of nitrogens with zero attached hydrogens (tertiary/aromatic N) is 3. The van der Waals surface area contributed by atoms with E-state index in [1.165, 1.54) is 12.8 Å². The molecule has 8 nitrogen and oxygen atoms in total. The summed E-state index contributed by atoms with van der Waals surface area (Å²) in [5.74, 6) is -0.298. The molecule has 0 bridgehead atoms. The standard InChI is InChI=1S/C22H29N5O3/c28-20(9-14-26-15-11-23-17-26)25-19-7-5-6-18(16-19)22(30)24-10-8-21(29)27-12-3-1-2-4-13-27/h5-7,11,15-17H,1-4,8-10,12-14H2,(H,24,30)(H,25,28). The van der Waals surface area contributed by atoms with Crippen LogP contribution in [0.1, 0.15) is 48.9 Å². The molecule has 0 radical (unpaired) electrons. The number of aromatic nitrogens is 2. The fourth-order valence-electron chi connectivity index (χ4n) is 3.47. The second-order valence-corrected chi connectivity index (χ2v) is 7.48. The molecule has 0 atom stereocenters. The molecule has 3 rings (SSSR count). The molecule has 8 heteroatoms. The Bertz CT molecular complexity index is 842. The molecule has 30 heavy (non-hydrogen) atoms. The maximum Gasteiger partial charge on any atom is 0.251 e. The third kappa shape index (κ3) is 6.72. The van der Waals surface area contributed by atoms with Gasteiger partial charge >= 0.3 is 0 Å². The van der Waals surface area contributed by atoms with Crippen molar-refractivity contribution in [3.8, 4) is 0 Å². The summed E-state index contributed by atoms with van der Waals surface area (Å²) in [6.45, 7) is 2.47. The highest BCUT2D eigenvalue weighted by Gasteiger charge is 2.15. The normalized spacial score (nSPS) is 14.1. The van der Waals surface area contributed by atoms with E-state index in [1.807, 2.05) is 9.47 Å². The molecule has 0 aliphatic carbocycles. The van der Waals surface area contributed by atoms with Crippen molar-refractivity contribution in [2.75, 3.05) is 25.0 Å². The second-order valence-electron chi connectivity index (χ2n) is 7.48. The van der Waals surface area contributed by atoms with E-state index >= 15 is 0 Å². The fraction of sp³-hybridized carbons (Fsp3) is 0.455. The first-order valence-corrected chi connectivity index (χ1v) is 10.5. The highest BCUT2D eigenvalue weighted by molar-refractivity contribution is 5.97. The van der Waals surface area contributed by atoms with Gasteiger partial charge in [0.05, 0.1) is 6.33 Å². The molecule has 0 saturated carbocycles. The molecule has 1 saturated heterocycles. The number of anilines is 1. The first kappa shape index (κ1) is 21.5. The Balaban J connectivity index is 1.43. The smallest absolute Gasteiger partial charge is 0.251 e. The Hall–Kier alpha value is -3.16. The number of hydrogen-bond donors (Lipinski definition) is 2. The van der Waals surface area contributed by atoms with Crippen LogP contribution in [0.4, 0.5) is 5.69 Å². The molecular formula is C22H29N5O3. The van der Waals surface area contributed by atoms with Crippen LogP contribution in [0.25, 0.3) is 0 Å². The lowest BCUT2D eigenvalue weighted by molar-refractivity contribution is -0.131. The first-order chi connectivity index (χ1) is 14.6. The summed E-state index contributed by atoms with van der Waals surface area (Å²) < 4.78 is 1.83. The molecule has 2 heterocycles. The molecule has 1 aliphatic rings. The summed E-state index contributed by atoms with van der Waals surface area (Å²) in [6, 6.07) is 6.80. The molecule has 1 aliphatic heterocycles. The molecule has 2 N–H and O–H groups in total. The monoisotopic (exact) mass is 411 g/mol. The lowest BCUT2D eigenvalue weighted by atomic mass is 10.2. The SMILES string of the molecule is O=C(CCn1ccnc1)Nc1cccc(C(=O)NCCC(=O)N2CCCCCC2)c1. The van der Waals surface area contributed by atoms with E-state index in [0.717, 1.165) is 25.9 Å². The average Bonchev–Trinajstić information content (AvgIpc) is 3.12. The molecule has 3 amide bonds. The summed E-state index contributed by atoms with van der Waals surface area (Å²) in [5, 5.41) is 5.61. The number of rotatable bonds is 8. The van der Waals surface area contributed by atoms with Gasteiger partial charge in [0.25, 0.3) is 5.91 Å². The number of aryl methyl sites for hydroxylation is 1. The molecule has 1 fully saturated rings. The summed E-state index contributed by atoms with van der Waals surface area (Å²) in [6.07, 6.45) is 10.2. The van der Waals surface area contributed by atoms with E-state index in [1.54, 1.807) is 43.0 Å². The zero-order valence-corrected chi connectivity index (χ0v) is 17.2. The van der Waals surface area contributed by atoms with Crippen LogP contribution in [-0.2, 0) is 16.1 Å². The van der Waals surface area contributed by atoms with Gasteiger partial charge in [-0.1, -0.05) is 18.9 Å². The summed E-state index contributed by atoms with van der Waals surface area (Å²) >= 11 is 0. The van der Waals surface area contributed by atoms with E-state index in [2.05, 4.69) is 15.6 Å². The topological polar surface area (TPSA) is 96.3 Å².